The van der Waals surface area contributed by atoms with Crippen LogP contribution in [0.4, 0.5) is 5.69 Å². The van der Waals surface area contributed by atoms with Crippen molar-refractivity contribution >= 4 is 28.6 Å². The normalized spacial score (nSPS) is 20.5. The molecule has 0 fully saturated rings. The summed E-state index contributed by atoms with van der Waals surface area (Å²) in [7, 11) is 2.16. The van der Waals surface area contributed by atoms with E-state index in [0.29, 0.717) is 13.1 Å². The minimum Gasteiger partial charge on any atom is -0.461 e. The van der Waals surface area contributed by atoms with Gasteiger partial charge >= 0.3 is 0 Å². The molecule has 2 aromatic carbocycles. The molecule has 172 valence electrons. The minimum absolute atomic E-state index is 0.0728. The van der Waals surface area contributed by atoms with Crippen molar-refractivity contribution in [1.29, 1.82) is 0 Å². The van der Waals surface area contributed by atoms with Gasteiger partial charge in [-0.15, -0.1) is 0 Å². The number of benzene rings is 2. The van der Waals surface area contributed by atoms with Gasteiger partial charge in [0, 0.05) is 36.3 Å². The largest absolute Gasteiger partial charge is 0.461 e. The molecule has 0 N–H and O–H groups in total. The zero-order chi connectivity index (χ0) is 23.6. The maximum atomic E-state index is 10.5. The Labute approximate surface area is 197 Å². The third-order valence-corrected chi connectivity index (χ3v) is 7.21. The van der Waals surface area contributed by atoms with Crippen LogP contribution in [0.25, 0.3) is 10.8 Å². The van der Waals surface area contributed by atoms with Crippen molar-refractivity contribution in [3.8, 4) is 0 Å². The van der Waals surface area contributed by atoms with E-state index in [1.54, 1.807) is 0 Å². The monoisotopic (exact) mass is 443 g/mol. The average molecular weight is 444 g/mol. The quantitative estimate of drug-likeness (QED) is 0.241. The molecule has 0 aromatic heterocycles. The Kier molecular flexibility index (Phi) is 6.29. The van der Waals surface area contributed by atoms with Crippen molar-refractivity contribution in [2.75, 3.05) is 31.6 Å². The highest BCUT2D eigenvalue weighted by molar-refractivity contribution is 5.96. The second kappa shape index (κ2) is 9.01. The first-order valence-electron chi connectivity index (χ1n) is 11.8. The predicted octanol–water partition coefficient (Wildman–Crippen LogP) is 5.62. The number of likely N-dealkylation sites (N-methyl/N-ethyl adjacent to an activating group) is 1. The molecule has 0 unspecified atom stereocenters. The zero-order valence-corrected chi connectivity index (χ0v) is 20.5. The first kappa shape index (κ1) is 23.0. The second-order valence-corrected chi connectivity index (χ2v) is 10.1. The third-order valence-electron chi connectivity index (χ3n) is 7.21. The van der Waals surface area contributed by atoms with Crippen molar-refractivity contribution < 1.29 is 14.1 Å². The summed E-state index contributed by atoms with van der Waals surface area (Å²) >= 11 is 0. The second-order valence-electron chi connectivity index (χ2n) is 10.1. The van der Waals surface area contributed by atoms with Crippen molar-refractivity contribution in [3.05, 3.63) is 78.0 Å². The number of anilines is 1. The summed E-state index contributed by atoms with van der Waals surface area (Å²) in [4.78, 5) is 12.8. The lowest BCUT2D eigenvalue weighted by Gasteiger charge is -2.24. The van der Waals surface area contributed by atoms with Crippen LogP contribution in [0.15, 0.2) is 72.5 Å². The van der Waals surface area contributed by atoms with E-state index in [1.807, 2.05) is 0 Å². The van der Waals surface area contributed by atoms with Crippen LogP contribution in [0.5, 0.6) is 0 Å². The fourth-order valence-corrected chi connectivity index (χ4v) is 5.42. The molecule has 0 saturated carbocycles. The molecule has 33 heavy (non-hydrogen) atoms. The number of carbonyl (C=O) groups is 1. The summed E-state index contributed by atoms with van der Waals surface area (Å²) in [6.07, 6.45) is 11.9. The first-order chi connectivity index (χ1) is 15.8. The minimum atomic E-state index is -0.0728. The molecular weight excluding hydrogens is 408 g/mol. The molecule has 0 radical (unpaired) electrons. The lowest BCUT2D eigenvalue weighted by atomic mass is 9.81. The number of ether oxygens (including phenoxy) is 1. The molecule has 2 aliphatic heterocycles. The topological polar surface area (TPSA) is 32.5 Å². The SMILES string of the molecule is CN1/C(=C/C=C/C=C/C2=[N+](CCOC=O)CCC2(C)C)C(C)(C)c2c1ccc1ccccc21. The Morgan fingerprint density at radius 1 is 1.06 bits per heavy atom. The molecule has 4 rings (SSSR count). The fourth-order valence-electron chi connectivity index (χ4n) is 5.42. The van der Waals surface area contributed by atoms with E-state index >= 15 is 0 Å². The molecule has 2 aromatic rings. The van der Waals surface area contributed by atoms with Crippen LogP contribution in [0.3, 0.4) is 0 Å². The van der Waals surface area contributed by atoms with Crippen LogP contribution in [-0.2, 0) is 14.9 Å². The van der Waals surface area contributed by atoms with Crippen molar-refractivity contribution in [3.63, 3.8) is 0 Å². The van der Waals surface area contributed by atoms with Crippen molar-refractivity contribution in [1.82, 2.24) is 0 Å². The van der Waals surface area contributed by atoms with Crippen molar-refractivity contribution in [2.24, 2.45) is 5.41 Å². The van der Waals surface area contributed by atoms with E-state index in [4.69, 9.17) is 4.74 Å². The van der Waals surface area contributed by atoms with E-state index in [2.05, 4.69) is 111 Å². The number of carbonyl (C=O) groups excluding carboxylic acids is 1. The standard InChI is InChI=1S/C29H35N2O2/c1-28(2)17-18-31(19-20-33-21-32)25(28)13-7-6-8-14-26-29(3,4)27-23-12-10-9-11-22(23)15-16-24(27)30(26)5/h6-16,21H,17-20H2,1-5H3/q+1. The van der Waals surface area contributed by atoms with E-state index in [0.717, 1.165) is 19.5 Å². The smallest absolute Gasteiger partial charge is 0.293 e. The van der Waals surface area contributed by atoms with Gasteiger partial charge in [-0.05, 0) is 42.3 Å². The van der Waals surface area contributed by atoms with Gasteiger partial charge < -0.3 is 9.64 Å². The number of hydrogen-bond donors (Lipinski definition) is 0. The summed E-state index contributed by atoms with van der Waals surface area (Å²) in [5.41, 5.74) is 5.32. The molecule has 2 aliphatic rings. The highest BCUT2D eigenvalue weighted by Gasteiger charge is 2.39. The van der Waals surface area contributed by atoms with Gasteiger partial charge in [0.25, 0.3) is 6.47 Å². The van der Waals surface area contributed by atoms with Crippen LogP contribution in [0, 0.1) is 5.41 Å². The maximum Gasteiger partial charge on any atom is 0.293 e. The predicted molar refractivity (Wildman–Crippen MR) is 137 cm³/mol. The Balaban J connectivity index is 1.57. The molecule has 0 bridgehead atoms. The number of rotatable bonds is 7. The number of allylic oxidation sites excluding steroid dienone is 6. The summed E-state index contributed by atoms with van der Waals surface area (Å²) < 4.78 is 7.23. The van der Waals surface area contributed by atoms with E-state index < -0.39 is 0 Å². The Morgan fingerprint density at radius 3 is 2.64 bits per heavy atom. The summed E-state index contributed by atoms with van der Waals surface area (Å²) in [5.74, 6) is 0. The summed E-state index contributed by atoms with van der Waals surface area (Å²) in [6, 6.07) is 13.1. The molecule has 0 atom stereocenters. The lowest BCUT2D eigenvalue weighted by molar-refractivity contribution is -0.521. The molecule has 2 heterocycles. The molecular formula is C29H35N2O2+. The summed E-state index contributed by atoms with van der Waals surface area (Å²) in [5, 5.41) is 2.62. The van der Waals surface area contributed by atoms with Gasteiger partial charge in [-0.25, -0.2) is 4.58 Å². The maximum absolute atomic E-state index is 10.5. The highest BCUT2D eigenvalue weighted by atomic mass is 16.5. The third kappa shape index (κ3) is 4.27. The van der Waals surface area contributed by atoms with Crippen LogP contribution < -0.4 is 4.90 Å². The average Bonchev–Trinajstić information content (AvgIpc) is 3.18. The molecule has 4 heteroatoms. The van der Waals surface area contributed by atoms with Crippen LogP contribution in [-0.4, -0.2) is 43.5 Å². The van der Waals surface area contributed by atoms with Crippen LogP contribution in [0.1, 0.15) is 39.7 Å². The molecule has 0 aliphatic carbocycles. The van der Waals surface area contributed by atoms with Gasteiger partial charge in [-0.3, -0.25) is 4.79 Å². The van der Waals surface area contributed by atoms with E-state index in [-0.39, 0.29) is 10.8 Å². The van der Waals surface area contributed by atoms with E-state index in [9.17, 15) is 4.79 Å². The number of fused-ring (bicyclic) bond motifs is 3. The number of nitrogens with zero attached hydrogens (tertiary/aromatic N) is 2. The molecule has 4 nitrogen and oxygen atoms in total. The van der Waals surface area contributed by atoms with Gasteiger partial charge in [0.2, 0.25) is 0 Å². The Morgan fingerprint density at radius 2 is 1.85 bits per heavy atom. The fraction of sp³-hybridized carbons (Fsp3) is 0.379. The van der Waals surface area contributed by atoms with Crippen LogP contribution in [0.2, 0.25) is 0 Å². The number of hydrogen-bond acceptors (Lipinski definition) is 3. The molecule has 0 amide bonds. The zero-order valence-electron chi connectivity index (χ0n) is 20.5. The Hall–Kier alpha value is -3.14. The van der Waals surface area contributed by atoms with Crippen molar-refractivity contribution in [2.45, 2.75) is 39.5 Å². The van der Waals surface area contributed by atoms with Gasteiger partial charge in [-0.2, -0.15) is 0 Å². The highest BCUT2D eigenvalue weighted by Crippen LogP contribution is 2.49. The lowest BCUT2D eigenvalue weighted by Crippen LogP contribution is -2.24. The van der Waals surface area contributed by atoms with Gasteiger partial charge in [0.1, 0.15) is 13.2 Å². The van der Waals surface area contributed by atoms with Crippen LogP contribution >= 0.6 is 0 Å². The van der Waals surface area contributed by atoms with Gasteiger partial charge in [0.15, 0.2) is 12.3 Å². The Bertz CT molecular complexity index is 1180. The first-order valence-corrected chi connectivity index (χ1v) is 11.8. The van der Waals surface area contributed by atoms with Gasteiger partial charge in [0.05, 0.1) is 5.41 Å². The molecule has 0 spiro atoms. The molecule has 0 saturated heterocycles. The van der Waals surface area contributed by atoms with E-state index in [1.165, 1.54) is 33.4 Å². The van der Waals surface area contributed by atoms with Gasteiger partial charge in [-0.1, -0.05) is 62.4 Å². The summed E-state index contributed by atoms with van der Waals surface area (Å²) in [6.45, 7) is 11.9.